The Morgan fingerprint density at radius 3 is 2.42 bits per heavy atom. The SMILES string of the molecule is CN(C)C(=O)CN1CCC(NC(=O)C(=Cc2ccco2)NC(=O)c2ccccc2)CC1. The van der Waals surface area contributed by atoms with E-state index in [1.807, 2.05) is 6.07 Å². The fraction of sp³-hybridized carbons (Fsp3) is 0.348. The largest absolute Gasteiger partial charge is 0.465 e. The molecular formula is C23H28N4O4. The molecule has 1 fully saturated rings. The molecule has 0 atom stereocenters. The Balaban J connectivity index is 1.62. The number of benzene rings is 1. The van der Waals surface area contributed by atoms with Gasteiger partial charge in [-0.3, -0.25) is 19.3 Å². The Morgan fingerprint density at radius 2 is 1.81 bits per heavy atom. The van der Waals surface area contributed by atoms with Crippen molar-refractivity contribution in [3.8, 4) is 0 Å². The number of nitrogens with zero attached hydrogens (tertiary/aromatic N) is 2. The van der Waals surface area contributed by atoms with Gasteiger partial charge in [0.25, 0.3) is 11.8 Å². The van der Waals surface area contributed by atoms with E-state index in [4.69, 9.17) is 4.42 Å². The molecule has 31 heavy (non-hydrogen) atoms. The fourth-order valence-corrected chi connectivity index (χ4v) is 3.29. The molecule has 0 saturated carbocycles. The van der Waals surface area contributed by atoms with Gasteiger partial charge in [0.05, 0.1) is 12.8 Å². The number of hydrogen-bond acceptors (Lipinski definition) is 5. The van der Waals surface area contributed by atoms with Gasteiger partial charge in [-0.25, -0.2) is 0 Å². The molecule has 1 aliphatic heterocycles. The van der Waals surface area contributed by atoms with Crippen molar-refractivity contribution in [1.29, 1.82) is 0 Å². The third-order valence-corrected chi connectivity index (χ3v) is 5.14. The van der Waals surface area contributed by atoms with E-state index in [1.165, 1.54) is 12.3 Å². The molecular weight excluding hydrogens is 396 g/mol. The molecule has 3 amide bonds. The van der Waals surface area contributed by atoms with Gasteiger partial charge in [0.2, 0.25) is 5.91 Å². The molecule has 0 unspecified atom stereocenters. The first-order chi connectivity index (χ1) is 14.9. The summed E-state index contributed by atoms with van der Waals surface area (Å²) in [4.78, 5) is 41.1. The zero-order valence-corrected chi connectivity index (χ0v) is 17.8. The first-order valence-corrected chi connectivity index (χ1v) is 10.3. The average Bonchev–Trinajstić information content (AvgIpc) is 3.28. The Bertz CT molecular complexity index is 914. The molecule has 1 aromatic carbocycles. The number of rotatable bonds is 7. The molecule has 0 aliphatic carbocycles. The summed E-state index contributed by atoms with van der Waals surface area (Å²) in [5.74, 6) is -0.209. The Morgan fingerprint density at radius 1 is 1.10 bits per heavy atom. The minimum atomic E-state index is -0.372. The van der Waals surface area contributed by atoms with Gasteiger partial charge in [-0.15, -0.1) is 0 Å². The maximum absolute atomic E-state index is 12.9. The second kappa shape index (κ2) is 10.6. The van der Waals surface area contributed by atoms with Crippen LogP contribution in [0.5, 0.6) is 0 Å². The monoisotopic (exact) mass is 424 g/mol. The molecule has 0 bridgehead atoms. The molecule has 2 N–H and O–H groups in total. The van der Waals surface area contributed by atoms with E-state index in [1.54, 1.807) is 55.4 Å². The Hall–Kier alpha value is -3.39. The quantitative estimate of drug-likeness (QED) is 0.660. The highest BCUT2D eigenvalue weighted by molar-refractivity contribution is 6.05. The lowest BCUT2D eigenvalue weighted by Gasteiger charge is -2.32. The zero-order valence-electron chi connectivity index (χ0n) is 17.8. The third kappa shape index (κ3) is 6.55. The molecule has 2 heterocycles. The van der Waals surface area contributed by atoms with Crippen molar-refractivity contribution >= 4 is 23.8 Å². The normalized spacial score (nSPS) is 15.4. The number of nitrogens with one attached hydrogen (secondary N) is 2. The Kier molecular flexibility index (Phi) is 7.61. The van der Waals surface area contributed by atoms with E-state index in [0.29, 0.717) is 17.9 Å². The Labute approximate surface area is 181 Å². The fourth-order valence-electron chi connectivity index (χ4n) is 3.29. The standard InChI is InChI=1S/C23H28N4O4/c1-26(2)21(28)16-27-12-10-18(11-13-27)24-23(30)20(15-19-9-6-14-31-19)25-22(29)17-7-4-3-5-8-17/h3-9,14-15,18H,10-13,16H2,1-2H3,(H,24,30)(H,25,29). The van der Waals surface area contributed by atoms with Crippen molar-refractivity contribution in [2.75, 3.05) is 33.7 Å². The first kappa shape index (κ1) is 22.3. The summed E-state index contributed by atoms with van der Waals surface area (Å²) in [5.41, 5.74) is 0.577. The number of furan rings is 1. The molecule has 1 aromatic heterocycles. The molecule has 0 radical (unpaired) electrons. The molecule has 8 heteroatoms. The second-order valence-electron chi connectivity index (χ2n) is 7.71. The van der Waals surface area contributed by atoms with Crippen molar-refractivity contribution in [1.82, 2.24) is 20.4 Å². The van der Waals surface area contributed by atoms with Crippen LogP contribution in [0.15, 0.2) is 58.8 Å². The number of piperidine rings is 1. The maximum Gasteiger partial charge on any atom is 0.268 e. The van der Waals surface area contributed by atoms with Gasteiger partial charge in [0.15, 0.2) is 0 Å². The van der Waals surface area contributed by atoms with Crippen LogP contribution < -0.4 is 10.6 Å². The predicted octanol–water partition coefficient (Wildman–Crippen LogP) is 1.72. The van der Waals surface area contributed by atoms with Crippen LogP contribution in [-0.4, -0.2) is 67.3 Å². The van der Waals surface area contributed by atoms with Crippen LogP contribution in [0, 0.1) is 0 Å². The van der Waals surface area contributed by atoms with Crippen molar-refractivity contribution in [3.05, 3.63) is 65.7 Å². The lowest BCUT2D eigenvalue weighted by molar-refractivity contribution is -0.130. The van der Waals surface area contributed by atoms with Crippen LogP contribution in [0.1, 0.15) is 29.0 Å². The molecule has 1 saturated heterocycles. The summed E-state index contributed by atoms with van der Waals surface area (Å²) in [6.07, 6.45) is 4.48. The van der Waals surface area contributed by atoms with Crippen LogP contribution in [-0.2, 0) is 9.59 Å². The minimum absolute atomic E-state index is 0.0353. The molecule has 164 valence electrons. The lowest BCUT2D eigenvalue weighted by Crippen LogP contribution is -2.48. The second-order valence-corrected chi connectivity index (χ2v) is 7.71. The minimum Gasteiger partial charge on any atom is -0.465 e. The number of hydrogen-bond donors (Lipinski definition) is 2. The van der Waals surface area contributed by atoms with Crippen LogP contribution in [0.2, 0.25) is 0 Å². The van der Waals surface area contributed by atoms with Gasteiger partial charge in [0.1, 0.15) is 11.5 Å². The van der Waals surface area contributed by atoms with E-state index in [-0.39, 0.29) is 29.5 Å². The highest BCUT2D eigenvalue weighted by atomic mass is 16.3. The molecule has 2 aromatic rings. The number of likely N-dealkylation sites (tertiary alicyclic amines) is 1. The van der Waals surface area contributed by atoms with Gasteiger partial charge in [0, 0.05) is 44.9 Å². The van der Waals surface area contributed by atoms with E-state index >= 15 is 0 Å². The van der Waals surface area contributed by atoms with Crippen LogP contribution in [0.4, 0.5) is 0 Å². The molecule has 8 nitrogen and oxygen atoms in total. The van der Waals surface area contributed by atoms with Crippen molar-refractivity contribution in [2.45, 2.75) is 18.9 Å². The van der Waals surface area contributed by atoms with Gasteiger partial charge in [-0.1, -0.05) is 18.2 Å². The van der Waals surface area contributed by atoms with E-state index in [9.17, 15) is 14.4 Å². The van der Waals surface area contributed by atoms with Gasteiger partial charge >= 0.3 is 0 Å². The smallest absolute Gasteiger partial charge is 0.268 e. The van der Waals surface area contributed by atoms with Crippen LogP contribution >= 0.6 is 0 Å². The van der Waals surface area contributed by atoms with Crippen molar-refractivity contribution in [3.63, 3.8) is 0 Å². The number of amides is 3. The highest BCUT2D eigenvalue weighted by Crippen LogP contribution is 2.13. The van der Waals surface area contributed by atoms with Gasteiger partial charge in [-0.2, -0.15) is 0 Å². The zero-order chi connectivity index (χ0) is 22.2. The summed E-state index contributed by atoms with van der Waals surface area (Å²) in [6.45, 7) is 1.82. The van der Waals surface area contributed by atoms with E-state index in [0.717, 1.165) is 25.9 Å². The van der Waals surface area contributed by atoms with Gasteiger partial charge < -0.3 is 20.0 Å². The van der Waals surface area contributed by atoms with Crippen LogP contribution in [0.25, 0.3) is 6.08 Å². The third-order valence-electron chi connectivity index (χ3n) is 5.14. The number of carbonyl (C=O) groups excluding carboxylic acids is 3. The maximum atomic E-state index is 12.9. The predicted molar refractivity (Wildman–Crippen MR) is 117 cm³/mol. The van der Waals surface area contributed by atoms with Crippen molar-refractivity contribution in [2.24, 2.45) is 0 Å². The summed E-state index contributed by atoms with van der Waals surface area (Å²) in [5, 5.41) is 5.70. The number of carbonyl (C=O) groups is 3. The number of likely N-dealkylation sites (N-methyl/N-ethyl adjacent to an activating group) is 1. The summed E-state index contributed by atoms with van der Waals surface area (Å²) in [7, 11) is 3.48. The summed E-state index contributed by atoms with van der Waals surface area (Å²) < 4.78 is 5.31. The molecule has 0 spiro atoms. The first-order valence-electron chi connectivity index (χ1n) is 10.3. The van der Waals surface area contributed by atoms with E-state index < -0.39 is 0 Å². The van der Waals surface area contributed by atoms with Crippen molar-refractivity contribution < 1.29 is 18.8 Å². The molecule has 1 aliphatic rings. The van der Waals surface area contributed by atoms with Crippen LogP contribution in [0.3, 0.4) is 0 Å². The summed E-state index contributed by atoms with van der Waals surface area (Å²) >= 11 is 0. The van der Waals surface area contributed by atoms with E-state index in [2.05, 4.69) is 15.5 Å². The highest BCUT2D eigenvalue weighted by Gasteiger charge is 2.24. The lowest BCUT2D eigenvalue weighted by atomic mass is 10.0. The average molecular weight is 425 g/mol. The summed E-state index contributed by atoms with van der Waals surface area (Å²) in [6, 6.07) is 12.1. The molecule has 3 rings (SSSR count). The topological polar surface area (TPSA) is 94.9 Å². The van der Waals surface area contributed by atoms with Gasteiger partial charge in [-0.05, 0) is 37.1 Å².